The summed E-state index contributed by atoms with van der Waals surface area (Å²) in [4.78, 5) is 25.6. The van der Waals surface area contributed by atoms with Crippen LogP contribution in [0.25, 0.3) is 10.9 Å². The number of fused-ring (bicyclic) bond motifs is 2. The third-order valence-corrected chi connectivity index (χ3v) is 5.81. The number of aliphatic hydroxyl groups is 1. The topological polar surface area (TPSA) is 87.0 Å². The molecule has 0 saturated heterocycles. The average molecular weight is 387 g/mol. The minimum absolute atomic E-state index is 0.0391. The number of pyridine rings is 1. The molecule has 0 radical (unpaired) electrons. The van der Waals surface area contributed by atoms with E-state index in [1.807, 2.05) is 11.5 Å². The van der Waals surface area contributed by atoms with Crippen LogP contribution in [0.4, 0.5) is 0 Å². The van der Waals surface area contributed by atoms with Gasteiger partial charge in [-0.1, -0.05) is 0 Å². The standard InChI is InChI=1S/C21H25NO6/c1-2-22-9-16(21(25)26-11-14-5-3-13(10-23)4-6-14)20(24)15-7-18-19(8-17(15)22)28-12-27-18/h7-9,13-14,23H,2-6,10-12H2,1H3/t13-,14-. The van der Waals surface area contributed by atoms with Crippen molar-refractivity contribution < 1.29 is 24.1 Å². The van der Waals surface area contributed by atoms with E-state index in [4.69, 9.17) is 14.2 Å². The summed E-state index contributed by atoms with van der Waals surface area (Å²) in [5.74, 6) is 1.17. The van der Waals surface area contributed by atoms with Crippen LogP contribution in [0, 0.1) is 11.8 Å². The van der Waals surface area contributed by atoms with Crippen molar-refractivity contribution in [1.29, 1.82) is 0 Å². The van der Waals surface area contributed by atoms with Crippen molar-refractivity contribution in [3.63, 3.8) is 0 Å². The molecule has 1 saturated carbocycles. The van der Waals surface area contributed by atoms with Crippen molar-refractivity contribution in [1.82, 2.24) is 4.57 Å². The SMILES string of the molecule is CCn1cc(C(=O)OC[C@H]2CC[C@H](CO)CC2)c(=O)c2cc3c(cc21)OCO3. The Hall–Kier alpha value is -2.54. The van der Waals surface area contributed by atoms with E-state index >= 15 is 0 Å². The number of carbonyl (C=O) groups excluding carboxylic acids is 1. The summed E-state index contributed by atoms with van der Waals surface area (Å²) in [7, 11) is 0. The van der Waals surface area contributed by atoms with Crippen LogP contribution in [0.1, 0.15) is 43.0 Å². The van der Waals surface area contributed by atoms with Gasteiger partial charge in [-0.25, -0.2) is 4.79 Å². The Labute approximate surface area is 162 Å². The fraction of sp³-hybridized carbons (Fsp3) is 0.524. The fourth-order valence-electron chi connectivity index (χ4n) is 4.04. The molecule has 0 unspecified atom stereocenters. The molecule has 150 valence electrons. The van der Waals surface area contributed by atoms with Crippen LogP contribution in [0.2, 0.25) is 0 Å². The molecule has 28 heavy (non-hydrogen) atoms. The van der Waals surface area contributed by atoms with Crippen LogP contribution < -0.4 is 14.9 Å². The predicted octanol–water partition coefficient (Wildman–Crippen LogP) is 2.71. The number of ether oxygens (including phenoxy) is 3. The molecule has 1 aromatic heterocycles. The molecule has 2 aromatic rings. The summed E-state index contributed by atoms with van der Waals surface area (Å²) in [5, 5.41) is 9.65. The molecule has 1 fully saturated rings. The Bertz CT molecular complexity index is 942. The molecule has 1 aromatic carbocycles. The van der Waals surface area contributed by atoms with Crippen LogP contribution in [0.15, 0.2) is 23.1 Å². The third kappa shape index (κ3) is 3.46. The highest BCUT2D eigenvalue weighted by Crippen LogP contribution is 2.35. The number of hydrogen-bond donors (Lipinski definition) is 1. The van der Waals surface area contributed by atoms with E-state index in [1.54, 1.807) is 18.3 Å². The van der Waals surface area contributed by atoms with Gasteiger partial charge in [-0.3, -0.25) is 4.79 Å². The van der Waals surface area contributed by atoms with Gasteiger partial charge in [0.15, 0.2) is 11.5 Å². The van der Waals surface area contributed by atoms with E-state index in [1.165, 1.54) is 0 Å². The van der Waals surface area contributed by atoms with Gasteiger partial charge in [0.25, 0.3) is 0 Å². The van der Waals surface area contributed by atoms with Gasteiger partial charge in [-0.2, -0.15) is 0 Å². The Morgan fingerprint density at radius 2 is 1.86 bits per heavy atom. The lowest BCUT2D eigenvalue weighted by molar-refractivity contribution is 0.0377. The minimum atomic E-state index is -0.587. The van der Waals surface area contributed by atoms with E-state index in [9.17, 15) is 14.7 Å². The average Bonchev–Trinajstić information content (AvgIpc) is 3.19. The fourth-order valence-corrected chi connectivity index (χ4v) is 4.04. The van der Waals surface area contributed by atoms with Crippen LogP contribution in [0.5, 0.6) is 11.5 Å². The van der Waals surface area contributed by atoms with Gasteiger partial charge in [-0.15, -0.1) is 0 Å². The van der Waals surface area contributed by atoms with Crippen LogP contribution >= 0.6 is 0 Å². The first-order valence-electron chi connectivity index (χ1n) is 9.85. The molecule has 7 heteroatoms. The second-order valence-electron chi connectivity index (χ2n) is 7.55. The number of aliphatic hydroxyl groups excluding tert-OH is 1. The molecular formula is C21H25NO6. The first-order chi connectivity index (χ1) is 13.6. The molecule has 0 atom stereocenters. The maximum atomic E-state index is 12.9. The molecule has 4 rings (SSSR count). The zero-order valence-electron chi connectivity index (χ0n) is 16.0. The number of benzene rings is 1. The molecule has 1 aliphatic carbocycles. The van der Waals surface area contributed by atoms with Crippen molar-refractivity contribution in [3.8, 4) is 11.5 Å². The van der Waals surface area contributed by atoms with E-state index in [0.717, 1.165) is 25.7 Å². The first kappa shape index (κ1) is 18.8. The van der Waals surface area contributed by atoms with Gasteiger partial charge in [0.05, 0.1) is 17.5 Å². The van der Waals surface area contributed by atoms with Crippen molar-refractivity contribution in [2.75, 3.05) is 20.0 Å². The highest BCUT2D eigenvalue weighted by Gasteiger charge is 2.24. The molecule has 1 N–H and O–H groups in total. The molecular weight excluding hydrogens is 362 g/mol. The van der Waals surface area contributed by atoms with Crippen molar-refractivity contribution in [2.24, 2.45) is 11.8 Å². The molecule has 0 spiro atoms. The summed E-state index contributed by atoms with van der Waals surface area (Å²) >= 11 is 0. The number of carbonyl (C=O) groups is 1. The largest absolute Gasteiger partial charge is 0.462 e. The van der Waals surface area contributed by atoms with Gasteiger partial charge < -0.3 is 23.9 Å². The van der Waals surface area contributed by atoms with Crippen molar-refractivity contribution in [3.05, 3.63) is 34.1 Å². The maximum absolute atomic E-state index is 12.9. The molecule has 1 aliphatic heterocycles. The Balaban J connectivity index is 1.56. The van der Waals surface area contributed by atoms with Gasteiger partial charge >= 0.3 is 5.97 Å². The summed E-state index contributed by atoms with van der Waals surface area (Å²) < 4.78 is 18.1. The summed E-state index contributed by atoms with van der Waals surface area (Å²) in [6, 6.07) is 3.41. The zero-order chi connectivity index (χ0) is 19.7. The Morgan fingerprint density at radius 1 is 1.18 bits per heavy atom. The van der Waals surface area contributed by atoms with Crippen LogP contribution in [-0.4, -0.2) is 35.6 Å². The highest BCUT2D eigenvalue weighted by atomic mass is 16.7. The zero-order valence-corrected chi connectivity index (χ0v) is 16.0. The lowest BCUT2D eigenvalue weighted by Crippen LogP contribution is -2.25. The maximum Gasteiger partial charge on any atom is 0.343 e. The summed E-state index contributed by atoms with van der Waals surface area (Å²) in [6.45, 7) is 3.20. The van der Waals surface area contributed by atoms with Crippen molar-refractivity contribution >= 4 is 16.9 Å². The number of rotatable bonds is 5. The predicted molar refractivity (Wildman–Crippen MR) is 103 cm³/mol. The van der Waals surface area contributed by atoms with Gasteiger partial charge in [0, 0.05) is 25.4 Å². The van der Waals surface area contributed by atoms with E-state index < -0.39 is 5.97 Å². The second kappa shape index (κ2) is 7.83. The monoisotopic (exact) mass is 387 g/mol. The highest BCUT2D eigenvalue weighted by molar-refractivity contribution is 5.94. The normalized spacial score (nSPS) is 21.1. The number of nitrogens with zero attached hydrogens (tertiary/aromatic N) is 1. The van der Waals surface area contributed by atoms with Crippen LogP contribution in [-0.2, 0) is 11.3 Å². The number of aromatic nitrogens is 1. The number of hydrogen-bond acceptors (Lipinski definition) is 6. The van der Waals surface area contributed by atoms with Gasteiger partial charge in [-0.05, 0) is 50.5 Å². The summed E-state index contributed by atoms with van der Waals surface area (Å²) in [5.41, 5.74) is 0.389. The molecule has 0 amide bonds. The second-order valence-corrected chi connectivity index (χ2v) is 7.55. The molecule has 0 bridgehead atoms. The van der Waals surface area contributed by atoms with Crippen molar-refractivity contribution in [2.45, 2.75) is 39.2 Å². The number of aryl methyl sites for hydroxylation is 1. The molecule has 7 nitrogen and oxygen atoms in total. The quantitative estimate of drug-likeness (QED) is 0.794. The van der Waals surface area contributed by atoms with E-state index in [0.29, 0.717) is 41.5 Å². The lowest BCUT2D eigenvalue weighted by Gasteiger charge is -2.26. The smallest absolute Gasteiger partial charge is 0.343 e. The van der Waals surface area contributed by atoms with Crippen LogP contribution in [0.3, 0.4) is 0 Å². The third-order valence-electron chi connectivity index (χ3n) is 5.81. The van der Waals surface area contributed by atoms with E-state index in [-0.39, 0.29) is 30.3 Å². The molecule has 2 heterocycles. The Kier molecular flexibility index (Phi) is 5.26. The Morgan fingerprint density at radius 3 is 2.54 bits per heavy atom. The van der Waals surface area contributed by atoms with E-state index in [2.05, 4.69) is 0 Å². The van der Waals surface area contributed by atoms with Gasteiger partial charge in [0.2, 0.25) is 12.2 Å². The number of esters is 1. The summed E-state index contributed by atoms with van der Waals surface area (Å²) in [6.07, 6.45) is 5.32. The lowest BCUT2D eigenvalue weighted by atomic mass is 9.83. The minimum Gasteiger partial charge on any atom is -0.462 e. The molecule has 2 aliphatic rings. The van der Waals surface area contributed by atoms with Gasteiger partial charge in [0.1, 0.15) is 5.56 Å². The first-order valence-corrected chi connectivity index (χ1v) is 9.85.